The van der Waals surface area contributed by atoms with Crippen LogP contribution in [-0.4, -0.2) is 23.7 Å². The fourth-order valence-electron chi connectivity index (χ4n) is 3.90. The van der Waals surface area contributed by atoms with Crippen molar-refractivity contribution in [2.45, 2.75) is 19.8 Å². The van der Waals surface area contributed by atoms with Gasteiger partial charge in [0.2, 0.25) is 0 Å². The lowest BCUT2D eigenvalue weighted by Gasteiger charge is -2.22. The summed E-state index contributed by atoms with van der Waals surface area (Å²) in [5, 5.41) is 9.34. The lowest BCUT2D eigenvalue weighted by atomic mass is 9.83. The summed E-state index contributed by atoms with van der Waals surface area (Å²) in [6.07, 6.45) is 6.15. The number of carboxylic acid groups (broad SMARTS) is 1. The van der Waals surface area contributed by atoms with Gasteiger partial charge in [0.15, 0.2) is 0 Å². The van der Waals surface area contributed by atoms with Gasteiger partial charge in [-0.1, -0.05) is 12.2 Å². The van der Waals surface area contributed by atoms with Crippen LogP contribution in [0.3, 0.4) is 0 Å². The highest BCUT2D eigenvalue weighted by Crippen LogP contribution is 2.72. The van der Waals surface area contributed by atoms with Gasteiger partial charge in [0.05, 0.1) is 18.4 Å². The Bertz CT molecular complexity index is 408. The van der Waals surface area contributed by atoms with Crippen molar-refractivity contribution in [1.82, 2.24) is 0 Å². The fraction of sp³-hybridized carbons (Fsp3) is 0.692. The molecule has 17 heavy (non-hydrogen) atoms. The summed E-state index contributed by atoms with van der Waals surface area (Å²) < 4.78 is 5.04. The summed E-state index contributed by atoms with van der Waals surface area (Å²) in [6.45, 7) is 2.07. The highest BCUT2D eigenvalue weighted by molar-refractivity contribution is 5.84. The SMILES string of the molecule is CCOC(=O)C1C(C(=O)O)C2C=CC1C21CC1. The Balaban J connectivity index is 1.94. The zero-order valence-electron chi connectivity index (χ0n) is 9.76. The first-order valence-electron chi connectivity index (χ1n) is 6.19. The molecule has 2 bridgehead atoms. The Labute approximate surface area is 99.6 Å². The maximum atomic E-state index is 11.9. The molecule has 4 unspecified atom stereocenters. The summed E-state index contributed by atoms with van der Waals surface area (Å²) >= 11 is 0. The normalized spacial score (nSPS) is 39.6. The number of allylic oxidation sites excluding steroid dienone is 2. The van der Waals surface area contributed by atoms with Gasteiger partial charge in [0.25, 0.3) is 0 Å². The van der Waals surface area contributed by atoms with Crippen LogP contribution in [0.2, 0.25) is 0 Å². The smallest absolute Gasteiger partial charge is 0.310 e. The molecule has 2 fully saturated rings. The van der Waals surface area contributed by atoms with Gasteiger partial charge in [-0.2, -0.15) is 0 Å². The predicted octanol–water partition coefficient (Wildman–Crippen LogP) is 1.46. The second-order valence-corrected chi connectivity index (χ2v) is 5.31. The summed E-state index contributed by atoms with van der Waals surface area (Å²) in [7, 11) is 0. The van der Waals surface area contributed by atoms with E-state index < -0.39 is 17.8 Å². The van der Waals surface area contributed by atoms with Crippen molar-refractivity contribution in [3.63, 3.8) is 0 Å². The van der Waals surface area contributed by atoms with Gasteiger partial charge in [0, 0.05) is 0 Å². The monoisotopic (exact) mass is 236 g/mol. The van der Waals surface area contributed by atoms with Crippen molar-refractivity contribution in [1.29, 1.82) is 0 Å². The van der Waals surface area contributed by atoms with Crippen LogP contribution in [0.25, 0.3) is 0 Å². The van der Waals surface area contributed by atoms with E-state index in [1.54, 1.807) is 6.92 Å². The Morgan fingerprint density at radius 2 is 1.88 bits per heavy atom. The molecule has 3 aliphatic carbocycles. The van der Waals surface area contributed by atoms with Crippen molar-refractivity contribution in [2.24, 2.45) is 29.1 Å². The maximum Gasteiger partial charge on any atom is 0.310 e. The number of ether oxygens (including phenoxy) is 1. The van der Waals surface area contributed by atoms with Gasteiger partial charge in [-0.05, 0) is 37.0 Å². The van der Waals surface area contributed by atoms with Crippen molar-refractivity contribution in [3.05, 3.63) is 12.2 Å². The molecule has 92 valence electrons. The minimum absolute atomic E-state index is 0.0411. The Morgan fingerprint density at radius 1 is 1.29 bits per heavy atom. The summed E-state index contributed by atoms with van der Waals surface area (Å²) in [6, 6.07) is 0. The number of aliphatic carboxylic acids is 1. The van der Waals surface area contributed by atoms with Crippen molar-refractivity contribution >= 4 is 11.9 Å². The minimum Gasteiger partial charge on any atom is -0.481 e. The van der Waals surface area contributed by atoms with Crippen LogP contribution in [-0.2, 0) is 14.3 Å². The first kappa shape index (κ1) is 10.8. The zero-order valence-corrected chi connectivity index (χ0v) is 9.76. The quantitative estimate of drug-likeness (QED) is 0.595. The highest BCUT2D eigenvalue weighted by Gasteiger charge is 2.70. The lowest BCUT2D eigenvalue weighted by Crippen LogP contribution is -2.34. The van der Waals surface area contributed by atoms with Gasteiger partial charge in [0.1, 0.15) is 0 Å². The number of carbonyl (C=O) groups excluding carboxylic acids is 1. The van der Waals surface area contributed by atoms with E-state index >= 15 is 0 Å². The van der Waals surface area contributed by atoms with E-state index in [-0.39, 0.29) is 23.2 Å². The largest absolute Gasteiger partial charge is 0.481 e. The van der Waals surface area contributed by atoms with E-state index in [0.29, 0.717) is 6.61 Å². The summed E-state index contributed by atoms with van der Waals surface area (Å²) in [4.78, 5) is 23.3. The first-order valence-corrected chi connectivity index (χ1v) is 6.19. The number of carboxylic acids is 1. The predicted molar refractivity (Wildman–Crippen MR) is 59.0 cm³/mol. The number of carbonyl (C=O) groups is 2. The third-order valence-corrected chi connectivity index (χ3v) is 4.69. The van der Waals surface area contributed by atoms with Crippen LogP contribution in [0.4, 0.5) is 0 Å². The average Bonchev–Trinajstić information content (AvgIpc) is 2.94. The van der Waals surface area contributed by atoms with E-state index in [9.17, 15) is 14.7 Å². The summed E-state index contributed by atoms with van der Waals surface area (Å²) in [5.74, 6) is -2.10. The molecule has 0 saturated heterocycles. The lowest BCUT2D eigenvalue weighted by molar-refractivity contribution is -0.158. The van der Waals surface area contributed by atoms with Gasteiger partial charge in [-0.15, -0.1) is 0 Å². The van der Waals surface area contributed by atoms with E-state index in [4.69, 9.17) is 4.74 Å². The first-order chi connectivity index (χ1) is 8.12. The minimum atomic E-state index is -0.855. The van der Waals surface area contributed by atoms with Gasteiger partial charge in [-0.3, -0.25) is 9.59 Å². The molecule has 0 aromatic rings. The van der Waals surface area contributed by atoms with Crippen LogP contribution >= 0.6 is 0 Å². The molecule has 0 aromatic heterocycles. The molecular weight excluding hydrogens is 220 g/mol. The second-order valence-electron chi connectivity index (χ2n) is 5.31. The van der Waals surface area contributed by atoms with E-state index in [2.05, 4.69) is 0 Å². The van der Waals surface area contributed by atoms with Crippen molar-refractivity contribution in [3.8, 4) is 0 Å². The molecule has 4 atom stereocenters. The molecule has 3 aliphatic rings. The van der Waals surface area contributed by atoms with Crippen LogP contribution in [0, 0.1) is 29.1 Å². The van der Waals surface area contributed by atoms with Gasteiger partial charge >= 0.3 is 11.9 Å². The molecule has 0 aliphatic heterocycles. The third-order valence-electron chi connectivity index (χ3n) is 4.69. The standard InChI is InChI=1S/C13H16O4/c1-2-17-12(16)10-8-4-3-7(9(10)11(14)15)13(8)5-6-13/h3-4,7-10H,2,5-6H2,1H3,(H,14,15). The molecule has 2 saturated carbocycles. The van der Waals surface area contributed by atoms with E-state index in [0.717, 1.165) is 12.8 Å². The molecule has 0 radical (unpaired) electrons. The van der Waals surface area contributed by atoms with E-state index in [1.807, 2.05) is 12.2 Å². The number of hydrogen-bond acceptors (Lipinski definition) is 3. The molecule has 0 heterocycles. The van der Waals surface area contributed by atoms with Crippen LogP contribution in [0.1, 0.15) is 19.8 Å². The third kappa shape index (κ3) is 1.24. The number of esters is 1. The van der Waals surface area contributed by atoms with Gasteiger partial charge < -0.3 is 9.84 Å². The maximum absolute atomic E-state index is 11.9. The van der Waals surface area contributed by atoms with Gasteiger partial charge in [-0.25, -0.2) is 0 Å². The van der Waals surface area contributed by atoms with Crippen molar-refractivity contribution in [2.75, 3.05) is 6.61 Å². The van der Waals surface area contributed by atoms with Crippen LogP contribution < -0.4 is 0 Å². The highest BCUT2D eigenvalue weighted by atomic mass is 16.5. The molecule has 1 N–H and O–H groups in total. The molecule has 3 rings (SSSR count). The van der Waals surface area contributed by atoms with Crippen LogP contribution in [0.5, 0.6) is 0 Å². The molecule has 4 heteroatoms. The van der Waals surface area contributed by atoms with Crippen molar-refractivity contribution < 1.29 is 19.4 Å². The second kappa shape index (κ2) is 3.34. The Hall–Kier alpha value is -1.32. The Kier molecular flexibility index (Phi) is 2.12. The molecule has 0 aromatic carbocycles. The topological polar surface area (TPSA) is 63.6 Å². The van der Waals surface area contributed by atoms with E-state index in [1.165, 1.54) is 0 Å². The Morgan fingerprint density at radius 3 is 2.35 bits per heavy atom. The molecule has 1 spiro atoms. The summed E-state index contributed by atoms with van der Waals surface area (Å²) in [5.41, 5.74) is 0.0838. The molecule has 4 nitrogen and oxygen atoms in total. The van der Waals surface area contributed by atoms with Crippen LogP contribution in [0.15, 0.2) is 12.2 Å². The zero-order chi connectivity index (χ0) is 12.2. The fourth-order valence-corrected chi connectivity index (χ4v) is 3.90. The molecular formula is C13H16O4. The number of rotatable bonds is 3. The number of hydrogen-bond donors (Lipinski definition) is 1. The average molecular weight is 236 g/mol. The molecule has 0 amide bonds.